The van der Waals surface area contributed by atoms with Gasteiger partial charge in [-0.25, -0.2) is 9.67 Å². The molecular weight excluding hydrogens is 356 g/mol. The second-order valence-electron chi connectivity index (χ2n) is 6.67. The van der Waals surface area contributed by atoms with Gasteiger partial charge in [0.1, 0.15) is 0 Å². The summed E-state index contributed by atoms with van der Waals surface area (Å²) in [5.41, 5.74) is 7.98. The van der Waals surface area contributed by atoms with Gasteiger partial charge in [-0.2, -0.15) is 5.10 Å². The third-order valence-electron chi connectivity index (χ3n) is 4.21. The molecule has 1 atom stereocenters. The Kier molecular flexibility index (Phi) is 5.54. The molecule has 1 unspecified atom stereocenters. The van der Waals surface area contributed by atoms with Gasteiger partial charge < -0.3 is 10.5 Å². The second kappa shape index (κ2) is 8.04. The number of rotatable bonds is 6. The van der Waals surface area contributed by atoms with Crippen LogP contribution in [0.4, 0.5) is 0 Å². The Morgan fingerprint density at radius 2 is 1.75 bits per heavy atom. The lowest BCUT2D eigenvalue weighted by Gasteiger charge is -2.15. The molecule has 0 saturated carbocycles. The van der Waals surface area contributed by atoms with E-state index in [1.54, 1.807) is 19.1 Å². The van der Waals surface area contributed by atoms with Crippen molar-refractivity contribution in [3.8, 4) is 28.4 Å². The van der Waals surface area contributed by atoms with Gasteiger partial charge in [0.25, 0.3) is 11.5 Å². The van der Waals surface area contributed by atoms with Crippen LogP contribution in [0.2, 0.25) is 0 Å². The predicted molar refractivity (Wildman–Crippen MR) is 107 cm³/mol. The highest BCUT2D eigenvalue weighted by Crippen LogP contribution is 2.31. The monoisotopic (exact) mass is 378 g/mol. The normalized spacial score (nSPS) is 12.0. The number of pyridine rings is 1. The summed E-state index contributed by atoms with van der Waals surface area (Å²) in [6.45, 7) is 5.37. The number of amides is 1. The maximum atomic E-state index is 12.1. The maximum Gasteiger partial charge on any atom is 0.267 e. The van der Waals surface area contributed by atoms with Crippen LogP contribution in [0.5, 0.6) is 5.88 Å². The van der Waals surface area contributed by atoms with Gasteiger partial charge in [-0.3, -0.25) is 9.59 Å². The molecular formula is C21H22N4O3. The van der Waals surface area contributed by atoms with Crippen LogP contribution in [0.1, 0.15) is 26.8 Å². The zero-order chi connectivity index (χ0) is 20.3. The smallest absolute Gasteiger partial charge is 0.267 e. The largest absolute Gasteiger partial charge is 0.465 e. The Hall–Kier alpha value is -3.48. The van der Waals surface area contributed by atoms with Gasteiger partial charge in [-0.05, 0) is 32.9 Å². The maximum absolute atomic E-state index is 12.1. The van der Waals surface area contributed by atoms with E-state index in [-0.39, 0.29) is 17.5 Å². The average Bonchev–Trinajstić information content (AvgIpc) is 2.69. The first-order chi connectivity index (χ1) is 13.4. The van der Waals surface area contributed by atoms with E-state index < -0.39 is 12.0 Å². The van der Waals surface area contributed by atoms with Gasteiger partial charge in [0, 0.05) is 23.3 Å². The molecule has 0 bridgehead atoms. The first-order valence-electron chi connectivity index (χ1n) is 8.99. The molecule has 0 aliphatic carbocycles. The minimum absolute atomic E-state index is 0.0698. The van der Waals surface area contributed by atoms with Gasteiger partial charge in [-0.1, -0.05) is 30.3 Å². The number of ether oxygens (including phenoxy) is 1. The highest BCUT2D eigenvalue weighted by molar-refractivity contribution is 5.80. The third kappa shape index (κ3) is 4.09. The van der Waals surface area contributed by atoms with Crippen molar-refractivity contribution >= 4 is 5.91 Å². The number of aromatic nitrogens is 3. The van der Waals surface area contributed by atoms with Crippen LogP contribution in [0.25, 0.3) is 22.5 Å². The lowest BCUT2D eigenvalue weighted by atomic mass is 10.0. The number of nitrogens with zero attached hydrogens (tertiary/aromatic N) is 3. The van der Waals surface area contributed by atoms with Crippen LogP contribution in [0.15, 0.2) is 59.4 Å². The van der Waals surface area contributed by atoms with E-state index in [0.29, 0.717) is 11.4 Å². The van der Waals surface area contributed by atoms with Crippen molar-refractivity contribution < 1.29 is 9.53 Å². The molecule has 1 aromatic carbocycles. The Balaban J connectivity index is 2.14. The van der Waals surface area contributed by atoms with Crippen molar-refractivity contribution in [1.82, 2.24) is 14.8 Å². The Labute approximate surface area is 162 Å². The van der Waals surface area contributed by atoms with E-state index >= 15 is 0 Å². The summed E-state index contributed by atoms with van der Waals surface area (Å²) in [5, 5.41) is 4.50. The summed E-state index contributed by atoms with van der Waals surface area (Å²) in [7, 11) is 0. The quantitative estimate of drug-likeness (QED) is 0.711. The van der Waals surface area contributed by atoms with Crippen molar-refractivity contribution in [3.63, 3.8) is 0 Å². The molecule has 7 heteroatoms. The third-order valence-corrected chi connectivity index (χ3v) is 4.21. The number of benzene rings is 1. The molecule has 0 fully saturated rings. The van der Waals surface area contributed by atoms with Crippen LogP contribution in [0, 0.1) is 0 Å². The van der Waals surface area contributed by atoms with E-state index in [2.05, 4.69) is 10.1 Å². The molecule has 3 aromatic rings. The van der Waals surface area contributed by atoms with E-state index in [1.807, 2.05) is 50.2 Å². The minimum atomic E-state index is -0.803. The molecule has 28 heavy (non-hydrogen) atoms. The summed E-state index contributed by atoms with van der Waals surface area (Å²) < 4.78 is 6.98. The second-order valence-corrected chi connectivity index (χ2v) is 6.67. The molecule has 0 saturated heterocycles. The summed E-state index contributed by atoms with van der Waals surface area (Å²) in [4.78, 5) is 27.9. The number of carbonyl (C=O) groups is 1. The number of carbonyl (C=O) groups excluding carboxylic acids is 1. The number of hydrogen-bond donors (Lipinski definition) is 1. The predicted octanol–water partition coefficient (Wildman–Crippen LogP) is 2.81. The zero-order valence-electron chi connectivity index (χ0n) is 16.0. The van der Waals surface area contributed by atoms with Crippen molar-refractivity contribution in [2.75, 3.05) is 0 Å². The number of primary amides is 1. The number of nitrogens with two attached hydrogens (primary N) is 1. The Morgan fingerprint density at radius 3 is 2.39 bits per heavy atom. The highest BCUT2D eigenvalue weighted by Gasteiger charge is 2.16. The highest BCUT2D eigenvalue weighted by atomic mass is 16.5. The first kappa shape index (κ1) is 19.3. The average molecular weight is 378 g/mol. The molecule has 0 radical (unpaired) electrons. The fourth-order valence-corrected chi connectivity index (χ4v) is 2.71. The van der Waals surface area contributed by atoms with Gasteiger partial charge in [0.15, 0.2) is 6.10 Å². The SMILES string of the molecule is CC(Oc1ccc(-c2ccc(=O)n(C(C)C)n2)c(-c2ccccc2)n1)C(N)=O. The van der Waals surface area contributed by atoms with Crippen LogP contribution in [0.3, 0.4) is 0 Å². The van der Waals surface area contributed by atoms with Crippen LogP contribution < -0.4 is 16.0 Å². The summed E-state index contributed by atoms with van der Waals surface area (Å²) in [6.07, 6.45) is -0.803. The molecule has 144 valence electrons. The van der Waals surface area contributed by atoms with E-state index in [1.165, 1.54) is 10.7 Å². The molecule has 3 rings (SSSR count). The zero-order valence-corrected chi connectivity index (χ0v) is 16.0. The molecule has 0 spiro atoms. The Bertz CT molecular complexity index is 1050. The van der Waals surface area contributed by atoms with E-state index in [0.717, 1.165) is 11.1 Å². The lowest BCUT2D eigenvalue weighted by Crippen LogP contribution is -2.30. The van der Waals surface area contributed by atoms with E-state index in [4.69, 9.17) is 10.5 Å². The van der Waals surface area contributed by atoms with Crippen LogP contribution >= 0.6 is 0 Å². The summed E-state index contributed by atoms with van der Waals surface area (Å²) in [6, 6.07) is 16.1. The van der Waals surface area contributed by atoms with Gasteiger partial charge in [0.05, 0.1) is 17.4 Å². The Morgan fingerprint density at radius 1 is 1.04 bits per heavy atom. The fraction of sp³-hybridized carbons (Fsp3) is 0.238. The lowest BCUT2D eigenvalue weighted by molar-refractivity contribution is -0.124. The number of hydrogen-bond acceptors (Lipinski definition) is 5. The molecule has 0 aliphatic rings. The fourth-order valence-electron chi connectivity index (χ4n) is 2.71. The topological polar surface area (TPSA) is 100 Å². The molecule has 1 amide bonds. The molecule has 2 aromatic heterocycles. The van der Waals surface area contributed by atoms with E-state index in [9.17, 15) is 9.59 Å². The first-order valence-corrected chi connectivity index (χ1v) is 8.99. The van der Waals surface area contributed by atoms with Gasteiger partial charge in [-0.15, -0.1) is 0 Å². The summed E-state index contributed by atoms with van der Waals surface area (Å²) in [5.74, 6) is -0.288. The van der Waals surface area contributed by atoms with Crippen molar-refractivity contribution in [2.24, 2.45) is 5.73 Å². The molecule has 2 heterocycles. The minimum Gasteiger partial charge on any atom is -0.465 e. The van der Waals surface area contributed by atoms with Gasteiger partial charge >= 0.3 is 0 Å². The van der Waals surface area contributed by atoms with Crippen LogP contribution in [-0.4, -0.2) is 26.8 Å². The van der Waals surface area contributed by atoms with Crippen molar-refractivity contribution in [1.29, 1.82) is 0 Å². The van der Waals surface area contributed by atoms with Crippen molar-refractivity contribution in [3.05, 3.63) is 65.0 Å². The van der Waals surface area contributed by atoms with Crippen molar-refractivity contribution in [2.45, 2.75) is 32.9 Å². The standard InChI is InChI=1S/C21H22N4O3/c1-13(2)25-19(26)12-10-17(24-25)16-9-11-18(28-14(3)21(22)27)23-20(16)15-7-5-4-6-8-15/h4-14H,1-3H3,(H2,22,27). The molecule has 0 aliphatic heterocycles. The van der Waals surface area contributed by atoms with Gasteiger partial charge in [0.2, 0.25) is 5.88 Å². The summed E-state index contributed by atoms with van der Waals surface area (Å²) >= 11 is 0. The molecule has 7 nitrogen and oxygen atoms in total. The molecule has 2 N–H and O–H groups in total. The van der Waals surface area contributed by atoms with Crippen LogP contribution in [-0.2, 0) is 4.79 Å².